The summed E-state index contributed by atoms with van der Waals surface area (Å²) in [6.07, 6.45) is 0. The Bertz CT molecular complexity index is 1760. The lowest BCUT2D eigenvalue weighted by Crippen LogP contribution is -2.14. The number of nitrogens with zero attached hydrogens (tertiary/aromatic N) is 1. The predicted octanol–water partition coefficient (Wildman–Crippen LogP) is 9.89. The quantitative estimate of drug-likeness (QED) is 0.229. The third-order valence-corrected chi connectivity index (χ3v) is 6.98. The van der Waals surface area contributed by atoms with Crippen LogP contribution in [0.15, 0.2) is 133 Å². The fraction of sp³-hybridized carbons (Fsp3) is 0.0286. The highest BCUT2D eigenvalue weighted by molar-refractivity contribution is 5.89. The van der Waals surface area contributed by atoms with Crippen LogP contribution in [-0.2, 0) is 0 Å². The van der Waals surface area contributed by atoms with Crippen LogP contribution >= 0.6 is 0 Å². The topological polar surface area (TPSA) is 3.24 Å². The van der Waals surface area contributed by atoms with Gasteiger partial charge in [0.25, 0.3) is 0 Å². The van der Waals surface area contributed by atoms with Crippen molar-refractivity contribution in [3.8, 4) is 33.4 Å². The predicted molar refractivity (Wildman–Crippen MR) is 155 cm³/mol. The molecule has 0 aliphatic heterocycles. The van der Waals surface area contributed by atoms with Gasteiger partial charge in [-0.05, 0) is 75.0 Å². The summed E-state index contributed by atoms with van der Waals surface area (Å²) < 4.78 is 30.7. The summed E-state index contributed by atoms with van der Waals surface area (Å²) in [6.45, 7) is 0. The normalized spacial score (nSPS) is 11.0. The van der Waals surface area contributed by atoms with E-state index < -0.39 is 11.6 Å². The molecule has 0 saturated carbocycles. The Balaban J connectivity index is 1.48. The third-order valence-electron chi connectivity index (χ3n) is 6.98. The Morgan fingerprint density at radius 1 is 0.447 bits per heavy atom. The molecule has 0 amide bonds. The molecular weight excluding hydrogens is 472 g/mol. The molecule has 0 N–H and O–H groups in total. The molecule has 0 atom stereocenters. The van der Waals surface area contributed by atoms with Crippen LogP contribution in [-0.4, -0.2) is 7.05 Å². The van der Waals surface area contributed by atoms with Crippen molar-refractivity contribution in [2.24, 2.45) is 0 Å². The highest BCUT2D eigenvalue weighted by Gasteiger charge is 2.20. The van der Waals surface area contributed by atoms with Crippen LogP contribution in [0.2, 0.25) is 0 Å². The first-order valence-corrected chi connectivity index (χ1v) is 12.6. The number of para-hydroxylation sites is 1. The standard InChI is InChI=1S/C35H25F2N/c1-38(34-17-8-7-16-32(34)36)35-31(25-11-3-2-4-12-25)22-30(23-33(35)37)28-15-9-14-27(21-28)29-19-18-24-10-5-6-13-26(24)20-29/h2-23H,1H3. The van der Waals surface area contributed by atoms with Gasteiger partial charge in [0.1, 0.15) is 11.6 Å². The zero-order chi connectivity index (χ0) is 26.1. The number of hydrogen-bond acceptors (Lipinski definition) is 1. The highest BCUT2D eigenvalue weighted by atomic mass is 19.1. The van der Waals surface area contributed by atoms with Crippen molar-refractivity contribution in [3.05, 3.63) is 145 Å². The fourth-order valence-corrected chi connectivity index (χ4v) is 5.04. The molecule has 0 fully saturated rings. The number of benzene rings is 6. The van der Waals surface area contributed by atoms with E-state index in [-0.39, 0.29) is 0 Å². The Hall–Kier alpha value is -4.76. The minimum Gasteiger partial charge on any atom is -0.339 e. The van der Waals surface area contributed by atoms with Crippen LogP contribution in [0.25, 0.3) is 44.2 Å². The fourth-order valence-electron chi connectivity index (χ4n) is 5.04. The van der Waals surface area contributed by atoms with E-state index in [1.165, 1.54) is 16.8 Å². The summed E-state index contributed by atoms with van der Waals surface area (Å²) in [5, 5.41) is 2.37. The van der Waals surface area contributed by atoms with Gasteiger partial charge in [-0.2, -0.15) is 0 Å². The summed E-state index contributed by atoms with van der Waals surface area (Å²) in [6, 6.07) is 42.5. The summed E-state index contributed by atoms with van der Waals surface area (Å²) in [5.41, 5.74) is 6.03. The van der Waals surface area contributed by atoms with E-state index in [1.807, 2.05) is 60.7 Å². The smallest absolute Gasteiger partial charge is 0.148 e. The van der Waals surface area contributed by atoms with E-state index in [0.29, 0.717) is 16.9 Å². The molecule has 0 heterocycles. The van der Waals surface area contributed by atoms with Crippen LogP contribution in [0, 0.1) is 11.6 Å². The van der Waals surface area contributed by atoms with Gasteiger partial charge in [0, 0.05) is 12.6 Å². The van der Waals surface area contributed by atoms with E-state index >= 15 is 4.39 Å². The van der Waals surface area contributed by atoms with Crippen LogP contribution in [0.1, 0.15) is 0 Å². The van der Waals surface area contributed by atoms with E-state index in [2.05, 4.69) is 42.5 Å². The zero-order valence-corrected chi connectivity index (χ0v) is 20.9. The summed E-state index contributed by atoms with van der Waals surface area (Å²) in [7, 11) is 1.70. The van der Waals surface area contributed by atoms with Gasteiger partial charge in [0.05, 0.1) is 11.4 Å². The molecule has 6 aromatic rings. The van der Waals surface area contributed by atoms with Crippen molar-refractivity contribution >= 4 is 22.1 Å². The molecule has 3 heteroatoms. The summed E-state index contributed by atoms with van der Waals surface area (Å²) in [5.74, 6) is -0.816. The average molecular weight is 498 g/mol. The van der Waals surface area contributed by atoms with Gasteiger partial charge >= 0.3 is 0 Å². The Morgan fingerprint density at radius 3 is 1.87 bits per heavy atom. The minimum atomic E-state index is -0.414. The van der Waals surface area contributed by atoms with Crippen LogP contribution in [0.5, 0.6) is 0 Å². The molecule has 0 aliphatic rings. The van der Waals surface area contributed by atoms with Gasteiger partial charge in [-0.1, -0.05) is 97.1 Å². The number of anilines is 2. The minimum absolute atomic E-state index is 0.314. The summed E-state index contributed by atoms with van der Waals surface area (Å²) in [4.78, 5) is 1.59. The van der Waals surface area contributed by atoms with Crippen molar-refractivity contribution in [2.45, 2.75) is 0 Å². The molecular formula is C35H25F2N. The van der Waals surface area contributed by atoms with E-state index in [0.717, 1.165) is 27.8 Å². The molecule has 0 unspecified atom stereocenters. The van der Waals surface area contributed by atoms with E-state index in [4.69, 9.17) is 0 Å². The number of halogens is 2. The molecule has 0 aliphatic carbocycles. The zero-order valence-electron chi connectivity index (χ0n) is 20.9. The number of fused-ring (bicyclic) bond motifs is 1. The van der Waals surface area contributed by atoms with Gasteiger partial charge in [-0.3, -0.25) is 0 Å². The highest BCUT2D eigenvalue weighted by Crippen LogP contribution is 2.41. The molecule has 6 aromatic carbocycles. The molecule has 0 bridgehead atoms. The van der Waals surface area contributed by atoms with Crippen molar-refractivity contribution < 1.29 is 8.78 Å². The second-order valence-electron chi connectivity index (χ2n) is 9.37. The Labute approximate surface area is 221 Å². The molecule has 0 aromatic heterocycles. The molecule has 0 saturated heterocycles. The molecule has 0 spiro atoms. The van der Waals surface area contributed by atoms with Gasteiger partial charge in [-0.25, -0.2) is 8.78 Å². The SMILES string of the molecule is CN(c1ccccc1F)c1c(F)cc(-c2cccc(-c3ccc4ccccc4c3)c2)cc1-c1ccccc1. The molecule has 184 valence electrons. The number of rotatable bonds is 5. The van der Waals surface area contributed by atoms with E-state index in [1.54, 1.807) is 36.2 Å². The third kappa shape index (κ3) is 4.44. The first-order chi connectivity index (χ1) is 18.6. The average Bonchev–Trinajstić information content (AvgIpc) is 2.97. The van der Waals surface area contributed by atoms with Crippen molar-refractivity contribution in [2.75, 3.05) is 11.9 Å². The monoisotopic (exact) mass is 497 g/mol. The van der Waals surface area contributed by atoms with Crippen LogP contribution in [0.4, 0.5) is 20.2 Å². The second kappa shape index (κ2) is 9.95. The first kappa shape index (κ1) is 23.6. The Morgan fingerprint density at radius 2 is 1.08 bits per heavy atom. The lowest BCUT2D eigenvalue weighted by Gasteiger charge is -2.25. The first-order valence-electron chi connectivity index (χ1n) is 12.6. The van der Waals surface area contributed by atoms with Crippen molar-refractivity contribution in [1.82, 2.24) is 0 Å². The van der Waals surface area contributed by atoms with Crippen molar-refractivity contribution in [3.63, 3.8) is 0 Å². The maximum atomic E-state index is 16.0. The van der Waals surface area contributed by atoms with Crippen molar-refractivity contribution in [1.29, 1.82) is 0 Å². The van der Waals surface area contributed by atoms with Gasteiger partial charge < -0.3 is 4.90 Å². The molecule has 0 radical (unpaired) electrons. The molecule has 6 rings (SSSR count). The molecule has 1 nitrogen and oxygen atoms in total. The van der Waals surface area contributed by atoms with Gasteiger partial charge in [0.15, 0.2) is 0 Å². The maximum absolute atomic E-state index is 16.0. The lowest BCUT2D eigenvalue weighted by molar-refractivity contribution is 0.618. The molecule has 38 heavy (non-hydrogen) atoms. The second-order valence-corrected chi connectivity index (χ2v) is 9.37. The van der Waals surface area contributed by atoms with Gasteiger partial charge in [0.2, 0.25) is 0 Å². The van der Waals surface area contributed by atoms with Crippen LogP contribution < -0.4 is 4.90 Å². The lowest BCUT2D eigenvalue weighted by atomic mass is 9.94. The Kier molecular flexibility index (Phi) is 6.19. The summed E-state index contributed by atoms with van der Waals surface area (Å²) >= 11 is 0. The van der Waals surface area contributed by atoms with Crippen LogP contribution in [0.3, 0.4) is 0 Å². The largest absolute Gasteiger partial charge is 0.339 e. The number of hydrogen-bond donors (Lipinski definition) is 0. The van der Waals surface area contributed by atoms with E-state index in [9.17, 15) is 4.39 Å². The van der Waals surface area contributed by atoms with Gasteiger partial charge in [-0.15, -0.1) is 0 Å². The maximum Gasteiger partial charge on any atom is 0.148 e.